The normalized spacial score (nSPS) is 24.6. The summed E-state index contributed by atoms with van der Waals surface area (Å²) in [7, 11) is 0. The summed E-state index contributed by atoms with van der Waals surface area (Å²) in [4.78, 5) is 24.0. The van der Waals surface area contributed by atoms with E-state index in [1.54, 1.807) is 6.07 Å². The first kappa shape index (κ1) is 17.9. The molecule has 2 saturated carbocycles. The Hall–Kier alpha value is -1.93. The third-order valence-corrected chi connectivity index (χ3v) is 4.86. The number of rotatable bonds is 7. The second kappa shape index (κ2) is 7.97. The zero-order chi connectivity index (χ0) is 17.8. The van der Waals surface area contributed by atoms with Gasteiger partial charge in [0.25, 0.3) is 5.91 Å². The maximum atomic E-state index is 12.2. The van der Waals surface area contributed by atoms with Crippen LogP contribution in [0.1, 0.15) is 67.1 Å². The van der Waals surface area contributed by atoms with Crippen LogP contribution in [0.5, 0.6) is 0 Å². The Morgan fingerprint density at radius 1 is 1.20 bits per heavy atom. The molecular formula is C17H26N4O4. The van der Waals surface area contributed by atoms with E-state index in [4.69, 9.17) is 10.3 Å². The maximum Gasteiger partial charge on any atom is 0.273 e. The fourth-order valence-corrected chi connectivity index (χ4v) is 3.18. The first-order valence-corrected chi connectivity index (χ1v) is 9.00. The van der Waals surface area contributed by atoms with Crippen LogP contribution in [-0.4, -0.2) is 46.8 Å². The van der Waals surface area contributed by atoms with Gasteiger partial charge in [0, 0.05) is 30.6 Å². The highest BCUT2D eigenvalue weighted by Crippen LogP contribution is 2.40. The largest absolute Gasteiger partial charge is 0.391 e. The SMILES string of the molecule is NC[C@@H](O)CC(=O)NC1CCC(NC(=O)c2cc(C3CC3)on2)CC1. The third kappa shape index (κ3) is 5.02. The van der Waals surface area contributed by atoms with Crippen molar-refractivity contribution in [2.75, 3.05) is 6.54 Å². The molecule has 0 bridgehead atoms. The second-order valence-electron chi connectivity index (χ2n) is 7.07. The summed E-state index contributed by atoms with van der Waals surface area (Å²) in [6.45, 7) is 0.0801. The Balaban J connectivity index is 1.39. The Kier molecular flexibility index (Phi) is 5.70. The highest BCUT2D eigenvalue weighted by molar-refractivity contribution is 5.92. The Morgan fingerprint density at radius 3 is 2.44 bits per heavy atom. The number of hydrogen-bond donors (Lipinski definition) is 4. The molecule has 0 unspecified atom stereocenters. The van der Waals surface area contributed by atoms with E-state index in [2.05, 4.69) is 15.8 Å². The van der Waals surface area contributed by atoms with Gasteiger partial charge in [0.05, 0.1) is 12.5 Å². The van der Waals surface area contributed by atoms with E-state index in [1.165, 1.54) is 0 Å². The van der Waals surface area contributed by atoms with Crippen molar-refractivity contribution in [1.82, 2.24) is 15.8 Å². The molecule has 0 spiro atoms. The molecule has 8 heteroatoms. The number of hydrogen-bond acceptors (Lipinski definition) is 6. The standard InChI is InChI=1S/C17H26N4O4/c18-9-13(22)7-16(23)19-11-3-5-12(6-4-11)20-17(24)14-8-15(25-21-14)10-1-2-10/h8,10-13,22H,1-7,9,18H2,(H,19,23)(H,20,24)/t11?,12?,13-/m0/s1. The lowest BCUT2D eigenvalue weighted by Crippen LogP contribution is -2.44. The summed E-state index contributed by atoms with van der Waals surface area (Å²) in [6.07, 6.45) is 4.62. The smallest absolute Gasteiger partial charge is 0.273 e. The van der Waals surface area contributed by atoms with E-state index >= 15 is 0 Å². The number of aromatic nitrogens is 1. The zero-order valence-electron chi connectivity index (χ0n) is 14.2. The van der Waals surface area contributed by atoms with Gasteiger partial charge < -0.3 is 26.0 Å². The molecule has 8 nitrogen and oxygen atoms in total. The first-order chi connectivity index (χ1) is 12.0. The van der Waals surface area contributed by atoms with Gasteiger partial charge in [-0.2, -0.15) is 0 Å². The van der Waals surface area contributed by atoms with Crippen LogP contribution in [0.2, 0.25) is 0 Å². The van der Waals surface area contributed by atoms with Crippen molar-refractivity contribution < 1.29 is 19.2 Å². The van der Waals surface area contributed by atoms with Gasteiger partial charge in [0.15, 0.2) is 5.69 Å². The quantitative estimate of drug-likeness (QED) is 0.564. The second-order valence-corrected chi connectivity index (χ2v) is 7.07. The van der Waals surface area contributed by atoms with Crippen molar-refractivity contribution in [2.24, 2.45) is 5.73 Å². The number of nitrogens with zero attached hydrogens (tertiary/aromatic N) is 1. The van der Waals surface area contributed by atoms with Crippen molar-refractivity contribution >= 4 is 11.8 Å². The molecule has 0 saturated heterocycles. The van der Waals surface area contributed by atoms with E-state index in [9.17, 15) is 14.7 Å². The van der Waals surface area contributed by atoms with Gasteiger partial charge in [-0.1, -0.05) is 5.16 Å². The van der Waals surface area contributed by atoms with Crippen LogP contribution in [0, 0.1) is 0 Å². The number of aliphatic hydroxyl groups excluding tert-OH is 1. The van der Waals surface area contributed by atoms with Gasteiger partial charge >= 0.3 is 0 Å². The van der Waals surface area contributed by atoms with E-state index in [1.807, 2.05) is 0 Å². The Labute approximate surface area is 146 Å². The molecule has 2 aliphatic carbocycles. The molecule has 2 amide bonds. The maximum absolute atomic E-state index is 12.2. The topological polar surface area (TPSA) is 130 Å². The average Bonchev–Trinajstić information content (AvgIpc) is 3.33. The van der Waals surface area contributed by atoms with Crippen LogP contribution in [0.25, 0.3) is 0 Å². The summed E-state index contributed by atoms with van der Waals surface area (Å²) >= 11 is 0. The van der Waals surface area contributed by atoms with Crippen molar-refractivity contribution in [3.8, 4) is 0 Å². The van der Waals surface area contributed by atoms with Gasteiger partial charge in [-0.15, -0.1) is 0 Å². The molecule has 0 aliphatic heterocycles. The van der Waals surface area contributed by atoms with Crippen LogP contribution in [0.15, 0.2) is 10.6 Å². The molecule has 2 aliphatic rings. The van der Waals surface area contributed by atoms with Crippen molar-refractivity contribution in [2.45, 2.75) is 69.1 Å². The van der Waals surface area contributed by atoms with E-state index in [-0.39, 0.29) is 36.9 Å². The third-order valence-electron chi connectivity index (χ3n) is 4.86. The summed E-state index contributed by atoms with van der Waals surface area (Å²) in [5.74, 6) is 0.858. The average molecular weight is 350 g/mol. The van der Waals surface area contributed by atoms with Crippen LogP contribution < -0.4 is 16.4 Å². The van der Waals surface area contributed by atoms with Gasteiger partial charge in [0.2, 0.25) is 5.91 Å². The lowest BCUT2D eigenvalue weighted by molar-refractivity contribution is -0.123. The number of aliphatic hydroxyl groups is 1. The number of nitrogens with two attached hydrogens (primary N) is 1. The fourth-order valence-electron chi connectivity index (χ4n) is 3.18. The van der Waals surface area contributed by atoms with E-state index in [0.717, 1.165) is 44.3 Å². The predicted octanol–water partition coefficient (Wildman–Crippen LogP) is 0.419. The monoisotopic (exact) mass is 350 g/mol. The molecule has 0 aromatic carbocycles. The Bertz CT molecular complexity index is 606. The van der Waals surface area contributed by atoms with Gasteiger partial charge in [-0.05, 0) is 38.5 Å². The van der Waals surface area contributed by atoms with E-state index in [0.29, 0.717) is 11.6 Å². The molecule has 3 rings (SSSR count). The molecule has 1 heterocycles. The van der Waals surface area contributed by atoms with Crippen molar-refractivity contribution in [3.05, 3.63) is 17.5 Å². The number of amides is 2. The summed E-state index contributed by atoms with van der Waals surface area (Å²) < 4.78 is 5.21. The number of carbonyl (C=O) groups is 2. The highest BCUT2D eigenvalue weighted by atomic mass is 16.5. The zero-order valence-corrected chi connectivity index (χ0v) is 14.2. The van der Waals surface area contributed by atoms with Gasteiger partial charge in [-0.25, -0.2) is 0 Å². The molecule has 25 heavy (non-hydrogen) atoms. The van der Waals surface area contributed by atoms with E-state index < -0.39 is 6.10 Å². The summed E-state index contributed by atoms with van der Waals surface area (Å²) in [5, 5.41) is 19.2. The van der Waals surface area contributed by atoms with Crippen LogP contribution in [0.3, 0.4) is 0 Å². The van der Waals surface area contributed by atoms with Gasteiger partial charge in [-0.3, -0.25) is 9.59 Å². The molecule has 1 aromatic rings. The first-order valence-electron chi connectivity index (χ1n) is 9.00. The minimum Gasteiger partial charge on any atom is -0.391 e. The minimum absolute atomic E-state index is 0.0304. The van der Waals surface area contributed by atoms with Crippen LogP contribution in [0.4, 0.5) is 0 Å². The lowest BCUT2D eigenvalue weighted by atomic mass is 9.91. The minimum atomic E-state index is -0.793. The van der Waals surface area contributed by atoms with Crippen molar-refractivity contribution in [3.63, 3.8) is 0 Å². The molecule has 1 aromatic heterocycles. The van der Waals surface area contributed by atoms with Crippen molar-refractivity contribution in [1.29, 1.82) is 0 Å². The molecule has 0 radical (unpaired) electrons. The van der Waals surface area contributed by atoms with Crippen LogP contribution >= 0.6 is 0 Å². The Morgan fingerprint density at radius 2 is 1.84 bits per heavy atom. The molecular weight excluding hydrogens is 324 g/mol. The number of nitrogens with one attached hydrogen (secondary N) is 2. The number of carbonyl (C=O) groups excluding carboxylic acids is 2. The fraction of sp³-hybridized carbons (Fsp3) is 0.706. The molecule has 5 N–H and O–H groups in total. The summed E-state index contributed by atoms with van der Waals surface area (Å²) in [5.41, 5.74) is 5.65. The molecule has 1 atom stereocenters. The highest BCUT2D eigenvalue weighted by Gasteiger charge is 2.30. The summed E-state index contributed by atoms with van der Waals surface area (Å²) in [6, 6.07) is 1.90. The van der Waals surface area contributed by atoms with Crippen LogP contribution in [-0.2, 0) is 4.79 Å². The predicted molar refractivity (Wildman–Crippen MR) is 89.8 cm³/mol. The molecule has 2 fully saturated rings. The molecule has 138 valence electrons. The lowest BCUT2D eigenvalue weighted by Gasteiger charge is -2.29. The van der Waals surface area contributed by atoms with Gasteiger partial charge in [0.1, 0.15) is 5.76 Å².